The summed E-state index contributed by atoms with van der Waals surface area (Å²) in [5, 5.41) is 5.43. The Kier molecular flexibility index (Phi) is 8.86. The van der Waals surface area contributed by atoms with Gasteiger partial charge in [0.25, 0.3) is 5.91 Å². The molecule has 5 rings (SSSR count). The fourth-order valence-electron chi connectivity index (χ4n) is 5.69. The molecule has 3 aromatic carbocycles. The number of amides is 2. The number of hydrogen-bond acceptors (Lipinski definition) is 5. The van der Waals surface area contributed by atoms with E-state index in [1.165, 1.54) is 11.3 Å². The SMILES string of the molecule is CCCNC(=O)C1C(c2ccc(Cl)cc2)C(C(=O)c2cccs2)C(c2ccccc2)N1C(=O)c1cccc(OC)c1. The Hall–Kier alpha value is -3.94. The summed E-state index contributed by atoms with van der Waals surface area (Å²) in [4.78, 5) is 45.2. The number of thiophene rings is 1. The summed E-state index contributed by atoms with van der Waals surface area (Å²) in [6.45, 7) is 2.42. The molecule has 0 saturated carbocycles. The van der Waals surface area contributed by atoms with E-state index in [4.69, 9.17) is 16.3 Å². The molecule has 1 N–H and O–H groups in total. The third kappa shape index (κ3) is 5.78. The fourth-order valence-corrected chi connectivity index (χ4v) is 6.53. The van der Waals surface area contributed by atoms with Gasteiger partial charge in [0.2, 0.25) is 5.91 Å². The first-order chi connectivity index (χ1) is 19.9. The van der Waals surface area contributed by atoms with E-state index in [0.717, 1.165) is 17.5 Å². The fraction of sp³-hybridized carbons (Fsp3) is 0.242. The summed E-state index contributed by atoms with van der Waals surface area (Å²) in [6.07, 6.45) is 0.730. The van der Waals surface area contributed by atoms with Crippen LogP contribution < -0.4 is 10.1 Å². The highest BCUT2D eigenvalue weighted by Crippen LogP contribution is 2.52. The van der Waals surface area contributed by atoms with Crippen molar-refractivity contribution in [3.63, 3.8) is 0 Å². The van der Waals surface area contributed by atoms with Crippen LogP contribution in [0.4, 0.5) is 0 Å². The number of Topliss-reactive ketones (excluding diaryl/α,β-unsaturated/α-hetero) is 1. The first-order valence-corrected chi connectivity index (χ1v) is 14.8. The lowest BCUT2D eigenvalue weighted by atomic mass is 9.77. The van der Waals surface area contributed by atoms with Crippen molar-refractivity contribution in [1.82, 2.24) is 10.2 Å². The lowest BCUT2D eigenvalue weighted by molar-refractivity contribution is -0.125. The lowest BCUT2D eigenvalue weighted by Crippen LogP contribution is -2.48. The van der Waals surface area contributed by atoms with E-state index in [-0.39, 0.29) is 17.6 Å². The summed E-state index contributed by atoms with van der Waals surface area (Å²) in [6, 6.07) is 25.6. The largest absolute Gasteiger partial charge is 0.497 e. The number of hydrogen-bond donors (Lipinski definition) is 1. The van der Waals surface area contributed by atoms with Gasteiger partial charge < -0.3 is 15.0 Å². The van der Waals surface area contributed by atoms with E-state index < -0.39 is 23.9 Å². The van der Waals surface area contributed by atoms with Gasteiger partial charge in [0.05, 0.1) is 23.9 Å². The highest BCUT2D eigenvalue weighted by atomic mass is 35.5. The van der Waals surface area contributed by atoms with Crippen molar-refractivity contribution in [2.75, 3.05) is 13.7 Å². The minimum Gasteiger partial charge on any atom is -0.497 e. The van der Waals surface area contributed by atoms with E-state index >= 15 is 0 Å². The maximum Gasteiger partial charge on any atom is 0.255 e. The van der Waals surface area contributed by atoms with Gasteiger partial charge in [-0.05, 0) is 59.3 Å². The van der Waals surface area contributed by atoms with Gasteiger partial charge in [0.1, 0.15) is 11.8 Å². The second-order valence-electron chi connectivity index (χ2n) is 9.98. The molecule has 0 radical (unpaired) electrons. The van der Waals surface area contributed by atoms with Crippen LogP contribution in [-0.4, -0.2) is 42.2 Å². The van der Waals surface area contributed by atoms with E-state index in [1.54, 1.807) is 54.5 Å². The molecule has 2 amide bonds. The van der Waals surface area contributed by atoms with E-state index in [1.807, 2.05) is 60.8 Å². The lowest BCUT2D eigenvalue weighted by Gasteiger charge is -2.32. The molecule has 1 aromatic heterocycles. The van der Waals surface area contributed by atoms with Crippen LogP contribution in [-0.2, 0) is 4.79 Å². The van der Waals surface area contributed by atoms with E-state index in [2.05, 4.69) is 5.32 Å². The second-order valence-corrected chi connectivity index (χ2v) is 11.4. The number of nitrogens with zero attached hydrogens (tertiary/aromatic N) is 1. The van der Waals surface area contributed by atoms with Crippen molar-refractivity contribution in [2.45, 2.75) is 31.3 Å². The Morgan fingerprint density at radius 2 is 1.68 bits per heavy atom. The third-order valence-corrected chi connectivity index (χ3v) is 8.63. The summed E-state index contributed by atoms with van der Waals surface area (Å²) < 4.78 is 5.40. The van der Waals surface area contributed by atoms with Gasteiger partial charge in [0.15, 0.2) is 5.78 Å². The zero-order chi connectivity index (χ0) is 28.9. The monoisotopic (exact) mass is 586 g/mol. The topological polar surface area (TPSA) is 75.7 Å². The average molecular weight is 587 g/mol. The standard InChI is InChI=1S/C33H31ClN2O4S/c1-3-18-35-32(38)30-27(21-14-16-24(34)17-15-21)28(31(37)26-13-8-19-41-26)29(22-9-5-4-6-10-22)36(30)33(39)23-11-7-12-25(20-23)40-2/h4-17,19-20,27-30H,3,18H2,1-2H3,(H,35,38). The molecule has 2 heterocycles. The molecule has 0 bridgehead atoms. The van der Waals surface area contributed by atoms with Crippen LogP contribution in [0.1, 0.15) is 56.5 Å². The minimum absolute atomic E-state index is 0.108. The quantitative estimate of drug-likeness (QED) is 0.219. The molecular formula is C33H31ClN2O4S. The van der Waals surface area contributed by atoms with Gasteiger partial charge in [-0.1, -0.05) is 73.1 Å². The maximum atomic E-state index is 14.5. The molecule has 0 spiro atoms. The van der Waals surface area contributed by atoms with E-state index in [0.29, 0.717) is 27.8 Å². The second kappa shape index (κ2) is 12.7. The van der Waals surface area contributed by atoms with Crippen LogP contribution in [0.2, 0.25) is 5.02 Å². The predicted octanol–water partition coefficient (Wildman–Crippen LogP) is 6.78. The van der Waals surface area contributed by atoms with Crippen LogP contribution in [0.15, 0.2) is 96.4 Å². The minimum atomic E-state index is -0.958. The van der Waals surface area contributed by atoms with Crippen LogP contribution in [0.25, 0.3) is 0 Å². The molecule has 1 aliphatic heterocycles. The summed E-state index contributed by atoms with van der Waals surface area (Å²) in [7, 11) is 1.54. The predicted molar refractivity (Wildman–Crippen MR) is 162 cm³/mol. The van der Waals surface area contributed by atoms with Gasteiger partial charge in [-0.3, -0.25) is 14.4 Å². The number of methoxy groups -OCH3 is 1. The zero-order valence-electron chi connectivity index (χ0n) is 22.8. The Balaban J connectivity index is 1.77. The molecule has 4 unspecified atom stereocenters. The van der Waals surface area contributed by atoms with Crippen LogP contribution in [0.5, 0.6) is 5.75 Å². The molecule has 0 aliphatic carbocycles. The Labute approximate surface area is 248 Å². The van der Waals surface area contributed by atoms with Gasteiger partial charge in [-0.2, -0.15) is 0 Å². The smallest absolute Gasteiger partial charge is 0.255 e. The Morgan fingerprint density at radius 3 is 2.34 bits per heavy atom. The van der Waals surface area contributed by atoms with Crippen LogP contribution >= 0.6 is 22.9 Å². The van der Waals surface area contributed by atoms with Crippen molar-refractivity contribution in [2.24, 2.45) is 5.92 Å². The number of benzene rings is 3. The number of nitrogens with one attached hydrogen (secondary N) is 1. The number of halogens is 1. The molecule has 41 heavy (non-hydrogen) atoms. The van der Waals surface area contributed by atoms with Crippen molar-refractivity contribution >= 4 is 40.5 Å². The van der Waals surface area contributed by atoms with Crippen molar-refractivity contribution in [3.05, 3.63) is 123 Å². The van der Waals surface area contributed by atoms with Crippen molar-refractivity contribution in [1.29, 1.82) is 0 Å². The van der Waals surface area contributed by atoms with Gasteiger partial charge in [-0.15, -0.1) is 11.3 Å². The summed E-state index contributed by atoms with van der Waals surface area (Å²) in [5.41, 5.74) is 1.92. The van der Waals surface area contributed by atoms with Crippen LogP contribution in [0, 0.1) is 5.92 Å². The molecule has 1 fully saturated rings. The van der Waals surface area contributed by atoms with Gasteiger partial charge in [0, 0.05) is 23.0 Å². The first-order valence-electron chi connectivity index (χ1n) is 13.6. The number of ketones is 1. The number of carbonyl (C=O) groups excluding carboxylic acids is 3. The summed E-state index contributed by atoms with van der Waals surface area (Å²) in [5.74, 6) is -1.59. The average Bonchev–Trinajstić information content (AvgIpc) is 3.67. The van der Waals surface area contributed by atoms with E-state index in [9.17, 15) is 14.4 Å². The highest BCUT2D eigenvalue weighted by Gasteiger charge is 2.57. The number of rotatable bonds is 9. The van der Waals surface area contributed by atoms with Crippen LogP contribution in [0.3, 0.4) is 0 Å². The molecule has 1 aliphatic rings. The molecule has 6 nitrogen and oxygen atoms in total. The Morgan fingerprint density at radius 1 is 0.927 bits per heavy atom. The van der Waals surface area contributed by atoms with Gasteiger partial charge in [-0.25, -0.2) is 0 Å². The number of carbonyl (C=O) groups is 3. The number of likely N-dealkylation sites (tertiary alicyclic amines) is 1. The Bertz CT molecular complexity index is 1510. The molecular weight excluding hydrogens is 556 g/mol. The van der Waals surface area contributed by atoms with Crippen molar-refractivity contribution < 1.29 is 19.1 Å². The highest BCUT2D eigenvalue weighted by molar-refractivity contribution is 7.12. The first kappa shape index (κ1) is 28.6. The zero-order valence-corrected chi connectivity index (χ0v) is 24.4. The molecule has 4 aromatic rings. The molecule has 8 heteroatoms. The third-order valence-electron chi connectivity index (χ3n) is 7.50. The molecule has 4 atom stereocenters. The van der Waals surface area contributed by atoms with Gasteiger partial charge >= 0.3 is 0 Å². The molecule has 1 saturated heterocycles. The normalized spacial score (nSPS) is 20.0. The summed E-state index contributed by atoms with van der Waals surface area (Å²) >= 11 is 7.62. The molecule has 210 valence electrons. The number of ether oxygens (including phenoxy) is 1. The van der Waals surface area contributed by atoms with Crippen molar-refractivity contribution in [3.8, 4) is 5.75 Å². The maximum absolute atomic E-state index is 14.5.